The Bertz CT molecular complexity index is 362. The van der Waals surface area contributed by atoms with Gasteiger partial charge in [0.15, 0.2) is 0 Å². The van der Waals surface area contributed by atoms with E-state index in [4.69, 9.17) is 4.74 Å². The molecule has 0 aromatic heterocycles. The van der Waals surface area contributed by atoms with E-state index in [9.17, 15) is 4.79 Å². The largest absolute Gasteiger partial charge is 0.465 e. The van der Waals surface area contributed by atoms with E-state index in [1.54, 1.807) is 0 Å². The van der Waals surface area contributed by atoms with Gasteiger partial charge in [0.05, 0.1) is 12.5 Å². The molecule has 124 valence electrons. The zero-order chi connectivity index (χ0) is 15.9. The highest BCUT2D eigenvalue weighted by molar-refractivity contribution is 5.74. The number of unbranched alkanes of at least 4 members (excludes halogenated alkanes) is 7. The fourth-order valence-electron chi connectivity index (χ4n) is 2.27. The Morgan fingerprint density at radius 1 is 0.909 bits per heavy atom. The predicted octanol–water partition coefficient (Wildman–Crippen LogP) is 5.75. The Morgan fingerprint density at radius 3 is 2.23 bits per heavy atom. The van der Waals surface area contributed by atoms with Crippen LogP contribution in [0.25, 0.3) is 0 Å². The first-order valence-electron chi connectivity index (χ1n) is 8.95. The molecule has 0 aromatic rings. The molecule has 0 amide bonds. The smallest absolute Gasteiger partial charge is 0.308 e. The van der Waals surface area contributed by atoms with E-state index >= 15 is 0 Å². The Kier molecular flexibility index (Phi) is 11.4. The molecule has 1 aliphatic carbocycles. The summed E-state index contributed by atoms with van der Waals surface area (Å²) in [6.45, 7) is 2.65. The lowest BCUT2D eigenvalue weighted by Crippen LogP contribution is -2.07. The monoisotopic (exact) mass is 304 g/mol. The molecule has 0 unspecified atom stereocenters. The molecule has 0 aliphatic heterocycles. The Labute approximate surface area is 136 Å². The third-order valence-corrected chi connectivity index (χ3v) is 3.83. The molecule has 2 nitrogen and oxygen atoms in total. The highest BCUT2D eigenvalue weighted by Crippen LogP contribution is 2.30. The van der Waals surface area contributed by atoms with Crippen LogP contribution in [-0.4, -0.2) is 12.6 Å². The number of carbonyl (C=O) groups excluding carboxylic acids is 1. The maximum Gasteiger partial charge on any atom is 0.308 e. The van der Waals surface area contributed by atoms with Crippen molar-refractivity contribution >= 4 is 5.97 Å². The second-order valence-electron chi connectivity index (χ2n) is 6.04. The van der Waals surface area contributed by atoms with E-state index in [-0.39, 0.29) is 11.9 Å². The van der Waals surface area contributed by atoms with Crippen LogP contribution < -0.4 is 0 Å². The Hall–Kier alpha value is -1.31. The highest BCUT2D eigenvalue weighted by Gasteiger charge is 2.30. The summed E-state index contributed by atoms with van der Waals surface area (Å²) in [5, 5.41) is 0. The molecule has 22 heavy (non-hydrogen) atoms. The molecule has 0 saturated heterocycles. The van der Waals surface area contributed by atoms with Crippen LogP contribution in [0.2, 0.25) is 0 Å². The summed E-state index contributed by atoms with van der Waals surface area (Å²) in [5.74, 6) is 0.279. The van der Waals surface area contributed by atoms with Crippen molar-refractivity contribution in [3.63, 3.8) is 0 Å². The summed E-state index contributed by atoms with van der Waals surface area (Å²) in [6, 6.07) is 0. The summed E-state index contributed by atoms with van der Waals surface area (Å²) in [4.78, 5) is 11.3. The zero-order valence-electron chi connectivity index (χ0n) is 14.1. The third-order valence-electron chi connectivity index (χ3n) is 3.83. The maximum absolute atomic E-state index is 11.3. The van der Waals surface area contributed by atoms with Crippen molar-refractivity contribution in [3.8, 4) is 0 Å². The second kappa shape index (κ2) is 13.4. The van der Waals surface area contributed by atoms with E-state index in [0.717, 1.165) is 19.3 Å². The molecule has 1 rings (SSSR count). The minimum absolute atomic E-state index is 0.0358. The molecule has 1 fully saturated rings. The lowest BCUT2D eigenvalue weighted by molar-refractivity contribution is -0.145. The van der Waals surface area contributed by atoms with E-state index in [1.807, 2.05) is 19.1 Å². The zero-order valence-corrected chi connectivity index (χ0v) is 14.1. The van der Waals surface area contributed by atoms with Crippen molar-refractivity contribution in [1.29, 1.82) is 0 Å². The van der Waals surface area contributed by atoms with Crippen LogP contribution in [0, 0.1) is 5.92 Å². The molecule has 0 radical (unpaired) electrons. The van der Waals surface area contributed by atoms with Gasteiger partial charge >= 0.3 is 5.97 Å². The van der Waals surface area contributed by atoms with Gasteiger partial charge in [0.2, 0.25) is 0 Å². The van der Waals surface area contributed by atoms with E-state index in [2.05, 4.69) is 24.3 Å². The van der Waals surface area contributed by atoms with Crippen LogP contribution in [0.4, 0.5) is 0 Å². The van der Waals surface area contributed by atoms with Gasteiger partial charge in [0, 0.05) is 0 Å². The van der Waals surface area contributed by atoms with Crippen molar-refractivity contribution < 1.29 is 9.53 Å². The summed E-state index contributed by atoms with van der Waals surface area (Å²) in [7, 11) is 0. The van der Waals surface area contributed by atoms with Gasteiger partial charge < -0.3 is 4.74 Å². The molecular weight excluding hydrogens is 272 g/mol. The number of ether oxygens (including phenoxy) is 1. The van der Waals surface area contributed by atoms with Gasteiger partial charge in [0.25, 0.3) is 0 Å². The molecule has 0 spiro atoms. The standard InChI is InChI=1S/C20H32O2/c1-2-3-4-5-6-7-8-9-10-11-12-13-14-15-18-22-20(21)19-16-17-19/h2-7,19H,8-18H2,1H3. The van der Waals surface area contributed by atoms with Crippen molar-refractivity contribution in [1.82, 2.24) is 0 Å². The highest BCUT2D eigenvalue weighted by atomic mass is 16.5. The molecule has 0 atom stereocenters. The minimum Gasteiger partial charge on any atom is -0.465 e. The Balaban J connectivity index is 1.75. The van der Waals surface area contributed by atoms with Crippen LogP contribution in [0.5, 0.6) is 0 Å². The molecule has 0 bridgehead atoms. The van der Waals surface area contributed by atoms with Gasteiger partial charge in [-0.3, -0.25) is 4.79 Å². The molecular formula is C20H32O2. The SMILES string of the molecule is CC=CC=CC=CCCCCCCCCCOC(=O)C1CC1. The lowest BCUT2D eigenvalue weighted by Gasteiger charge is -2.04. The fraction of sp³-hybridized carbons (Fsp3) is 0.650. The van der Waals surface area contributed by atoms with Crippen LogP contribution >= 0.6 is 0 Å². The maximum atomic E-state index is 11.3. The quantitative estimate of drug-likeness (QED) is 0.246. The van der Waals surface area contributed by atoms with Gasteiger partial charge in [-0.2, -0.15) is 0 Å². The Morgan fingerprint density at radius 2 is 1.55 bits per heavy atom. The topological polar surface area (TPSA) is 26.3 Å². The van der Waals surface area contributed by atoms with Crippen LogP contribution in [-0.2, 0) is 9.53 Å². The molecule has 2 heteroatoms. The minimum atomic E-state index is 0.0358. The first kappa shape index (κ1) is 18.7. The van der Waals surface area contributed by atoms with Crippen LogP contribution in [0.3, 0.4) is 0 Å². The van der Waals surface area contributed by atoms with Crippen molar-refractivity contribution in [2.45, 2.75) is 71.1 Å². The number of rotatable bonds is 13. The van der Waals surface area contributed by atoms with Gasteiger partial charge in [-0.15, -0.1) is 0 Å². The number of allylic oxidation sites excluding steroid dienone is 6. The van der Waals surface area contributed by atoms with Gasteiger partial charge in [-0.25, -0.2) is 0 Å². The first-order valence-corrected chi connectivity index (χ1v) is 8.95. The third kappa shape index (κ3) is 11.4. The van der Waals surface area contributed by atoms with Crippen LogP contribution in [0.15, 0.2) is 36.5 Å². The number of hydrogen-bond donors (Lipinski definition) is 0. The van der Waals surface area contributed by atoms with Gasteiger partial charge in [-0.05, 0) is 39.0 Å². The average Bonchev–Trinajstić information content (AvgIpc) is 3.36. The molecule has 0 heterocycles. The average molecular weight is 304 g/mol. The predicted molar refractivity (Wildman–Crippen MR) is 93.7 cm³/mol. The normalized spacial score (nSPS) is 15.3. The first-order chi connectivity index (χ1) is 10.8. The fourth-order valence-corrected chi connectivity index (χ4v) is 2.27. The number of carbonyl (C=O) groups is 1. The summed E-state index contributed by atoms with van der Waals surface area (Å²) in [6.07, 6.45) is 24.6. The molecule has 0 N–H and O–H groups in total. The van der Waals surface area contributed by atoms with Gasteiger partial charge in [0.1, 0.15) is 0 Å². The molecule has 1 aliphatic rings. The van der Waals surface area contributed by atoms with Crippen LogP contribution in [0.1, 0.15) is 71.1 Å². The lowest BCUT2D eigenvalue weighted by atomic mass is 10.1. The van der Waals surface area contributed by atoms with Crippen molar-refractivity contribution in [3.05, 3.63) is 36.5 Å². The van der Waals surface area contributed by atoms with Crippen molar-refractivity contribution in [2.75, 3.05) is 6.61 Å². The van der Waals surface area contributed by atoms with E-state index < -0.39 is 0 Å². The summed E-state index contributed by atoms with van der Waals surface area (Å²) in [5.41, 5.74) is 0. The summed E-state index contributed by atoms with van der Waals surface area (Å²) >= 11 is 0. The molecule has 1 saturated carbocycles. The van der Waals surface area contributed by atoms with Gasteiger partial charge in [-0.1, -0.05) is 68.6 Å². The number of hydrogen-bond acceptors (Lipinski definition) is 2. The molecule has 0 aromatic carbocycles. The van der Waals surface area contributed by atoms with E-state index in [1.165, 1.54) is 44.9 Å². The van der Waals surface area contributed by atoms with Crippen molar-refractivity contribution in [2.24, 2.45) is 5.92 Å². The number of esters is 1. The van der Waals surface area contributed by atoms with E-state index in [0.29, 0.717) is 6.61 Å². The summed E-state index contributed by atoms with van der Waals surface area (Å²) < 4.78 is 5.22. The second-order valence-corrected chi connectivity index (χ2v) is 6.04.